The van der Waals surface area contributed by atoms with Gasteiger partial charge in [-0.3, -0.25) is 4.90 Å². The van der Waals surface area contributed by atoms with Gasteiger partial charge in [-0.1, -0.05) is 6.92 Å². The summed E-state index contributed by atoms with van der Waals surface area (Å²) in [4.78, 5) is 5.26. The largest absolute Gasteiger partial charge is 0.374 e. The minimum atomic E-state index is 0.144. The van der Waals surface area contributed by atoms with Crippen molar-refractivity contribution in [2.45, 2.75) is 57.7 Å². The Hall–Kier alpha value is -0.160. The standard InChI is InChI=1S/C15H31N3O/c1-3-7-17-8-4-5-14(6-9-17)18-10-11-19-15(12-18)13(2)16/h13-15H,3-12,16H2,1-2H3. The highest BCUT2D eigenvalue weighted by Gasteiger charge is 2.29. The van der Waals surface area contributed by atoms with Gasteiger partial charge in [0.15, 0.2) is 0 Å². The van der Waals surface area contributed by atoms with Crippen molar-refractivity contribution in [2.75, 3.05) is 39.3 Å². The second-order valence-corrected chi connectivity index (χ2v) is 6.19. The van der Waals surface area contributed by atoms with Crippen LogP contribution in [0.15, 0.2) is 0 Å². The quantitative estimate of drug-likeness (QED) is 0.835. The van der Waals surface area contributed by atoms with Crippen molar-refractivity contribution in [1.82, 2.24) is 9.80 Å². The zero-order chi connectivity index (χ0) is 13.7. The third-order valence-corrected chi connectivity index (χ3v) is 4.56. The first-order valence-corrected chi connectivity index (χ1v) is 8.04. The van der Waals surface area contributed by atoms with Crippen molar-refractivity contribution in [3.05, 3.63) is 0 Å². The van der Waals surface area contributed by atoms with Crippen molar-refractivity contribution in [1.29, 1.82) is 0 Å². The zero-order valence-corrected chi connectivity index (χ0v) is 12.7. The Morgan fingerprint density at radius 2 is 2.11 bits per heavy atom. The summed E-state index contributed by atoms with van der Waals surface area (Å²) in [6, 6.07) is 0.886. The lowest BCUT2D eigenvalue weighted by molar-refractivity contribution is -0.0532. The lowest BCUT2D eigenvalue weighted by atomic mass is 10.0. The molecule has 3 unspecified atom stereocenters. The monoisotopic (exact) mass is 269 g/mol. The number of hydrogen-bond donors (Lipinski definition) is 1. The highest BCUT2D eigenvalue weighted by Crippen LogP contribution is 2.20. The lowest BCUT2D eigenvalue weighted by Gasteiger charge is -2.39. The average molecular weight is 269 g/mol. The summed E-state index contributed by atoms with van der Waals surface area (Å²) >= 11 is 0. The Bertz CT molecular complexity index is 260. The molecule has 0 aromatic heterocycles. The van der Waals surface area contributed by atoms with Gasteiger partial charge in [-0.05, 0) is 52.2 Å². The molecule has 4 heteroatoms. The Balaban J connectivity index is 1.84. The molecule has 0 aromatic rings. The van der Waals surface area contributed by atoms with E-state index in [0.29, 0.717) is 0 Å². The fourth-order valence-electron chi connectivity index (χ4n) is 3.39. The Kier molecular flexibility index (Phi) is 6.07. The van der Waals surface area contributed by atoms with Crippen molar-refractivity contribution >= 4 is 0 Å². The van der Waals surface area contributed by atoms with Crippen LogP contribution in [0.2, 0.25) is 0 Å². The van der Waals surface area contributed by atoms with Gasteiger partial charge in [0.2, 0.25) is 0 Å². The first-order chi connectivity index (χ1) is 9.20. The summed E-state index contributed by atoms with van der Waals surface area (Å²) in [5.41, 5.74) is 5.99. The van der Waals surface area contributed by atoms with Crippen LogP contribution in [-0.4, -0.2) is 67.3 Å². The average Bonchev–Trinajstić information content (AvgIpc) is 2.65. The maximum Gasteiger partial charge on any atom is 0.0850 e. The SMILES string of the molecule is CCCN1CCCC(N2CCOC(C(C)N)C2)CC1. The Labute approximate surface area is 118 Å². The van der Waals surface area contributed by atoms with Gasteiger partial charge in [-0.2, -0.15) is 0 Å². The van der Waals surface area contributed by atoms with Crippen molar-refractivity contribution < 1.29 is 4.74 Å². The Morgan fingerprint density at radius 1 is 1.26 bits per heavy atom. The molecule has 2 aliphatic heterocycles. The van der Waals surface area contributed by atoms with Gasteiger partial charge in [-0.15, -0.1) is 0 Å². The Morgan fingerprint density at radius 3 is 2.84 bits per heavy atom. The van der Waals surface area contributed by atoms with Crippen LogP contribution in [0.25, 0.3) is 0 Å². The molecule has 0 radical (unpaired) electrons. The fourth-order valence-corrected chi connectivity index (χ4v) is 3.39. The van der Waals surface area contributed by atoms with E-state index in [1.165, 1.54) is 45.3 Å². The molecule has 4 nitrogen and oxygen atoms in total. The van der Waals surface area contributed by atoms with Crippen molar-refractivity contribution in [3.63, 3.8) is 0 Å². The molecular weight excluding hydrogens is 238 g/mol. The first-order valence-electron chi connectivity index (χ1n) is 8.04. The van der Waals surface area contributed by atoms with Gasteiger partial charge >= 0.3 is 0 Å². The van der Waals surface area contributed by atoms with Gasteiger partial charge in [-0.25, -0.2) is 0 Å². The molecule has 2 heterocycles. The minimum absolute atomic E-state index is 0.144. The van der Waals surface area contributed by atoms with E-state index in [0.717, 1.165) is 25.7 Å². The van der Waals surface area contributed by atoms with Gasteiger partial charge in [0.1, 0.15) is 0 Å². The molecule has 0 saturated carbocycles. The number of nitrogens with two attached hydrogens (primary N) is 1. The topological polar surface area (TPSA) is 41.7 Å². The predicted molar refractivity (Wildman–Crippen MR) is 79.3 cm³/mol. The fraction of sp³-hybridized carbons (Fsp3) is 1.00. The maximum atomic E-state index is 5.99. The van der Waals surface area contributed by atoms with Crippen LogP contribution >= 0.6 is 0 Å². The van der Waals surface area contributed by atoms with E-state index >= 15 is 0 Å². The minimum Gasteiger partial charge on any atom is -0.374 e. The van der Waals surface area contributed by atoms with Crippen LogP contribution in [0.4, 0.5) is 0 Å². The second-order valence-electron chi connectivity index (χ2n) is 6.19. The smallest absolute Gasteiger partial charge is 0.0850 e. The maximum absolute atomic E-state index is 5.99. The summed E-state index contributed by atoms with van der Waals surface area (Å²) in [6.45, 7) is 11.1. The van der Waals surface area contributed by atoms with Gasteiger partial charge in [0.25, 0.3) is 0 Å². The molecule has 0 amide bonds. The number of rotatable bonds is 4. The summed E-state index contributed by atoms with van der Waals surface area (Å²) in [5, 5.41) is 0. The summed E-state index contributed by atoms with van der Waals surface area (Å²) in [7, 11) is 0. The summed E-state index contributed by atoms with van der Waals surface area (Å²) in [5.74, 6) is 0. The number of likely N-dealkylation sites (tertiary alicyclic amines) is 1. The van der Waals surface area contributed by atoms with Crippen molar-refractivity contribution in [2.24, 2.45) is 5.73 Å². The van der Waals surface area contributed by atoms with E-state index in [1.54, 1.807) is 0 Å². The number of hydrogen-bond acceptors (Lipinski definition) is 4. The molecule has 2 saturated heterocycles. The molecule has 112 valence electrons. The van der Waals surface area contributed by atoms with Gasteiger partial charge in [0, 0.05) is 25.2 Å². The highest BCUT2D eigenvalue weighted by molar-refractivity contribution is 4.84. The van der Waals surface area contributed by atoms with E-state index in [-0.39, 0.29) is 12.1 Å². The van der Waals surface area contributed by atoms with Crippen LogP contribution in [0.3, 0.4) is 0 Å². The third kappa shape index (κ3) is 4.42. The normalized spacial score (nSPS) is 33.0. The van der Waals surface area contributed by atoms with Crippen LogP contribution in [0.5, 0.6) is 0 Å². The number of morpholine rings is 1. The molecular formula is C15H31N3O. The molecule has 2 rings (SSSR count). The second kappa shape index (κ2) is 7.58. The first kappa shape index (κ1) is 15.2. The highest BCUT2D eigenvalue weighted by atomic mass is 16.5. The molecule has 2 aliphatic rings. The molecule has 0 bridgehead atoms. The van der Waals surface area contributed by atoms with E-state index in [9.17, 15) is 0 Å². The molecule has 2 N–H and O–H groups in total. The van der Waals surface area contributed by atoms with E-state index < -0.39 is 0 Å². The van der Waals surface area contributed by atoms with E-state index in [4.69, 9.17) is 10.5 Å². The van der Waals surface area contributed by atoms with Crippen LogP contribution in [0.1, 0.15) is 39.5 Å². The summed E-state index contributed by atoms with van der Waals surface area (Å²) < 4.78 is 5.77. The number of ether oxygens (including phenoxy) is 1. The third-order valence-electron chi connectivity index (χ3n) is 4.56. The van der Waals surface area contributed by atoms with Crippen LogP contribution in [-0.2, 0) is 4.74 Å². The molecule has 0 aliphatic carbocycles. The molecule has 0 spiro atoms. The molecule has 3 atom stereocenters. The molecule has 19 heavy (non-hydrogen) atoms. The van der Waals surface area contributed by atoms with Crippen molar-refractivity contribution in [3.8, 4) is 0 Å². The van der Waals surface area contributed by atoms with Gasteiger partial charge < -0.3 is 15.4 Å². The molecule has 2 fully saturated rings. The summed E-state index contributed by atoms with van der Waals surface area (Å²) in [6.07, 6.45) is 5.49. The number of nitrogens with zero attached hydrogens (tertiary/aromatic N) is 2. The lowest BCUT2D eigenvalue weighted by Crippen LogP contribution is -2.52. The van der Waals surface area contributed by atoms with Gasteiger partial charge in [0.05, 0.1) is 12.7 Å². The zero-order valence-electron chi connectivity index (χ0n) is 12.7. The van der Waals surface area contributed by atoms with Crippen LogP contribution in [0, 0.1) is 0 Å². The van der Waals surface area contributed by atoms with Crippen LogP contribution < -0.4 is 5.73 Å². The van der Waals surface area contributed by atoms with E-state index in [2.05, 4.69) is 23.6 Å². The predicted octanol–water partition coefficient (Wildman–Crippen LogP) is 1.30. The van der Waals surface area contributed by atoms with E-state index in [1.807, 2.05) is 0 Å². The molecule has 0 aromatic carbocycles.